The molecule has 5 heteroatoms. The van der Waals surface area contributed by atoms with E-state index in [0.29, 0.717) is 12.2 Å². The van der Waals surface area contributed by atoms with Crippen LogP contribution < -0.4 is 5.73 Å². The molecular formula is C13H17FN2O2. The van der Waals surface area contributed by atoms with Gasteiger partial charge < -0.3 is 15.4 Å². The summed E-state index contributed by atoms with van der Waals surface area (Å²) in [7, 11) is 1.65. The standard InChI is InChI=1S/C13H17FN2O2/c1-16(8-10-3-2-6-18-10)13(17)11-5-4-9(15)7-12(11)14/h4-5,7,10H,2-3,6,8,15H2,1H3. The monoisotopic (exact) mass is 252 g/mol. The van der Waals surface area contributed by atoms with Gasteiger partial charge in [0.05, 0.1) is 11.7 Å². The van der Waals surface area contributed by atoms with Crippen LogP contribution in [0.15, 0.2) is 18.2 Å². The van der Waals surface area contributed by atoms with Crippen LogP contribution in [-0.4, -0.2) is 37.1 Å². The maximum atomic E-state index is 13.6. The highest BCUT2D eigenvalue weighted by atomic mass is 19.1. The number of likely N-dealkylation sites (N-methyl/N-ethyl adjacent to an activating group) is 1. The average Bonchev–Trinajstić information content (AvgIpc) is 2.81. The van der Waals surface area contributed by atoms with Crippen molar-refractivity contribution < 1.29 is 13.9 Å². The van der Waals surface area contributed by atoms with E-state index in [1.54, 1.807) is 7.05 Å². The fourth-order valence-corrected chi connectivity index (χ4v) is 2.09. The first kappa shape index (κ1) is 12.8. The van der Waals surface area contributed by atoms with Gasteiger partial charge in [0, 0.05) is 25.9 Å². The van der Waals surface area contributed by atoms with Crippen LogP contribution in [0.4, 0.5) is 10.1 Å². The van der Waals surface area contributed by atoms with Crippen LogP contribution in [0, 0.1) is 5.82 Å². The molecule has 0 aromatic heterocycles. The predicted molar refractivity (Wildman–Crippen MR) is 66.7 cm³/mol. The SMILES string of the molecule is CN(CC1CCCO1)C(=O)c1ccc(N)cc1F. The molecule has 0 radical (unpaired) electrons. The molecule has 4 nitrogen and oxygen atoms in total. The fourth-order valence-electron chi connectivity index (χ4n) is 2.09. The molecule has 1 heterocycles. The van der Waals surface area contributed by atoms with Crippen LogP contribution >= 0.6 is 0 Å². The van der Waals surface area contributed by atoms with E-state index >= 15 is 0 Å². The summed E-state index contributed by atoms with van der Waals surface area (Å²) in [4.78, 5) is 13.5. The molecule has 1 atom stereocenters. The summed E-state index contributed by atoms with van der Waals surface area (Å²) in [6.45, 7) is 1.23. The van der Waals surface area contributed by atoms with Crippen molar-refractivity contribution in [3.05, 3.63) is 29.6 Å². The Labute approximate surface area is 106 Å². The third kappa shape index (κ3) is 2.79. The molecule has 0 bridgehead atoms. The molecule has 2 N–H and O–H groups in total. The molecule has 0 saturated carbocycles. The van der Waals surface area contributed by atoms with E-state index in [1.165, 1.54) is 17.0 Å². The molecular weight excluding hydrogens is 235 g/mol. The lowest BCUT2D eigenvalue weighted by molar-refractivity contribution is 0.0583. The minimum absolute atomic E-state index is 0.0460. The van der Waals surface area contributed by atoms with E-state index in [4.69, 9.17) is 10.5 Å². The van der Waals surface area contributed by atoms with Crippen molar-refractivity contribution in [3.63, 3.8) is 0 Å². The smallest absolute Gasteiger partial charge is 0.256 e. The number of nitrogen functional groups attached to an aromatic ring is 1. The molecule has 2 rings (SSSR count). The minimum atomic E-state index is -0.584. The summed E-state index contributed by atoms with van der Waals surface area (Å²) >= 11 is 0. The van der Waals surface area contributed by atoms with Crippen LogP contribution in [0.3, 0.4) is 0 Å². The number of halogens is 1. The molecule has 0 spiro atoms. The van der Waals surface area contributed by atoms with Gasteiger partial charge in [-0.1, -0.05) is 0 Å². The number of anilines is 1. The summed E-state index contributed by atoms with van der Waals surface area (Å²) in [6, 6.07) is 4.10. The topological polar surface area (TPSA) is 55.6 Å². The highest BCUT2D eigenvalue weighted by Gasteiger charge is 2.22. The van der Waals surface area contributed by atoms with Gasteiger partial charge in [0.2, 0.25) is 0 Å². The number of carbonyl (C=O) groups is 1. The Bertz CT molecular complexity index is 445. The number of nitrogens with zero attached hydrogens (tertiary/aromatic N) is 1. The number of hydrogen-bond acceptors (Lipinski definition) is 3. The zero-order valence-electron chi connectivity index (χ0n) is 10.4. The highest BCUT2D eigenvalue weighted by Crippen LogP contribution is 2.16. The average molecular weight is 252 g/mol. The first-order valence-electron chi connectivity index (χ1n) is 6.00. The van der Waals surface area contributed by atoms with Gasteiger partial charge >= 0.3 is 0 Å². The molecule has 1 unspecified atom stereocenters. The summed E-state index contributed by atoms with van der Waals surface area (Å²) in [5.74, 6) is -0.929. The van der Waals surface area contributed by atoms with E-state index in [2.05, 4.69) is 0 Å². The Morgan fingerprint density at radius 3 is 3.00 bits per heavy atom. The quantitative estimate of drug-likeness (QED) is 0.832. The fraction of sp³-hybridized carbons (Fsp3) is 0.462. The summed E-state index contributed by atoms with van der Waals surface area (Å²) in [6.07, 6.45) is 2.03. The van der Waals surface area contributed by atoms with Crippen molar-refractivity contribution in [2.45, 2.75) is 18.9 Å². The zero-order valence-corrected chi connectivity index (χ0v) is 10.4. The van der Waals surface area contributed by atoms with Crippen molar-refractivity contribution >= 4 is 11.6 Å². The summed E-state index contributed by atoms with van der Waals surface area (Å²) in [5.41, 5.74) is 5.81. The van der Waals surface area contributed by atoms with E-state index < -0.39 is 5.82 Å². The molecule has 0 aliphatic carbocycles. The van der Waals surface area contributed by atoms with Gasteiger partial charge in [0.25, 0.3) is 5.91 Å². The number of nitrogens with two attached hydrogens (primary N) is 1. The number of benzene rings is 1. The van der Waals surface area contributed by atoms with Crippen LogP contribution in [-0.2, 0) is 4.74 Å². The Kier molecular flexibility index (Phi) is 3.81. The van der Waals surface area contributed by atoms with Gasteiger partial charge in [-0.25, -0.2) is 4.39 Å². The number of amides is 1. The maximum Gasteiger partial charge on any atom is 0.256 e. The Morgan fingerprint density at radius 1 is 1.61 bits per heavy atom. The van der Waals surface area contributed by atoms with Crippen LogP contribution in [0.2, 0.25) is 0 Å². The summed E-state index contributed by atoms with van der Waals surface area (Å²) < 4.78 is 19.1. The zero-order chi connectivity index (χ0) is 13.1. The molecule has 98 valence electrons. The number of rotatable bonds is 3. The first-order valence-corrected chi connectivity index (χ1v) is 6.00. The first-order chi connectivity index (χ1) is 8.58. The molecule has 1 aromatic rings. The second-order valence-corrected chi connectivity index (χ2v) is 4.56. The summed E-state index contributed by atoms with van der Waals surface area (Å²) in [5, 5.41) is 0. The van der Waals surface area contributed by atoms with E-state index in [0.717, 1.165) is 25.5 Å². The third-order valence-electron chi connectivity index (χ3n) is 3.07. The van der Waals surface area contributed by atoms with Gasteiger partial charge in [-0.05, 0) is 31.0 Å². The lowest BCUT2D eigenvalue weighted by Crippen LogP contribution is -2.34. The largest absolute Gasteiger partial charge is 0.399 e. The van der Waals surface area contributed by atoms with Crippen molar-refractivity contribution in [3.8, 4) is 0 Å². The van der Waals surface area contributed by atoms with E-state index in [-0.39, 0.29) is 17.6 Å². The second kappa shape index (κ2) is 5.35. The van der Waals surface area contributed by atoms with Gasteiger partial charge in [0.15, 0.2) is 0 Å². The molecule has 1 aromatic carbocycles. The van der Waals surface area contributed by atoms with Crippen molar-refractivity contribution in [2.75, 3.05) is 25.9 Å². The van der Waals surface area contributed by atoms with Crippen LogP contribution in [0.5, 0.6) is 0 Å². The van der Waals surface area contributed by atoms with Crippen LogP contribution in [0.1, 0.15) is 23.2 Å². The lowest BCUT2D eigenvalue weighted by Gasteiger charge is -2.21. The predicted octanol–water partition coefficient (Wildman–Crippen LogP) is 1.66. The van der Waals surface area contributed by atoms with Crippen molar-refractivity contribution in [1.29, 1.82) is 0 Å². The second-order valence-electron chi connectivity index (χ2n) is 4.56. The van der Waals surface area contributed by atoms with E-state index in [1.807, 2.05) is 0 Å². The Balaban J connectivity index is 2.05. The Hall–Kier alpha value is -1.62. The maximum absolute atomic E-state index is 13.6. The molecule has 1 aliphatic heterocycles. The number of carbonyl (C=O) groups excluding carboxylic acids is 1. The van der Waals surface area contributed by atoms with Gasteiger partial charge in [-0.2, -0.15) is 0 Å². The molecule has 1 saturated heterocycles. The normalized spacial score (nSPS) is 18.9. The Morgan fingerprint density at radius 2 is 2.39 bits per heavy atom. The molecule has 18 heavy (non-hydrogen) atoms. The lowest BCUT2D eigenvalue weighted by atomic mass is 10.1. The minimum Gasteiger partial charge on any atom is -0.399 e. The van der Waals surface area contributed by atoms with E-state index in [9.17, 15) is 9.18 Å². The molecule has 1 amide bonds. The van der Waals surface area contributed by atoms with Crippen LogP contribution in [0.25, 0.3) is 0 Å². The highest BCUT2D eigenvalue weighted by molar-refractivity contribution is 5.94. The van der Waals surface area contributed by atoms with Gasteiger partial charge in [-0.3, -0.25) is 4.79 Å². The van der Waals surface area contributed by atoms with Crippen molar-refractivity contribution in [2.24, 2.45) is 0 Å². The number of hydrogen-bond donors (Lipinski definition) is 1. The molecule has 1 aliphatic rings. The molecule has 1 fully saturated rings. The van der Waals surface area contributed by atoms with Gasteiger partial charge in [0.1, 0.15) is 5.82 Å². The third-order valence-corrected chi connectivity index (χ3v) is 3.07. The van der Waals surface area contributed by atoms with Crippen molar-refractivity contribution in [1.82, 2.24) is 4.90 Å². The van der Waals surface area contributed by atoms with Gasteiger partial charge in [-0.15, -0.1) is 0 Å². The number of ether oxygens (including phenoxy) is 1.